The Labute approximate surface area is 175 Å². The summed E-state index contributed by atoms with van der Waals surface area (Å²) in [6.07, 6.45) is 3.36. The molecule has 2 aromatic heterocycles. The monoisotopic (exact) mass is 406 g/mol. The summed E-state index contributed by atoms with van der Waals surface area (Å²) in [5.74, 6) is -0.0690. The molecule has 0 radical (unpaired) electrons. The van der Waals surface area contributed by atoms with E-state index in [0.29, 0.717) is 31.7 Å². The molecule has 1 fully saturated rings. The normalized spacial score (nSPS) is 14.4. The lowest BCUT2D eigenvalue weighted by molar-refractivity contribution is 0.0671. The number of carbonyl (C=O) groups is 2. The third kappa shape index (κ3) is 3.98. The van der Waals surface area contributed by atoms with Crippen molar-refractivity contribution in [1.29, 1.82) is 0 Å². The number of piperazine rings is 1. The molecule has 1 saturated heterocycles. The molecule has 8 nitrogen and oxygen atoms in total. The Bertz CT molecular complexity index is 1080. The van der Waals surface area contributed by atoms with Gasteiger partial charge in [0, 0.05) is 49.5 Å². The van der Waals surface area contributed by atoms with Crippen LogP contribution in [0.15, 0.2) is 42.7 Å². The number of benzene rings is 1. The first-order valence-corrected chi connectivity index (χ1v) is 10.2. The third-order valence-corrected chi connectivity index (χ3v) is 5.29. The van der Waals surface area contributed by atoms with Crippen molar-refractivity contribution in [3.05, 3.63) is 53.9 Å². The second-order valence-corrected chi connectivity index (χ2v) is 7.90. The summed E-state index contributed by atoms with van der Waals surface area (Å²) < 4.78 is 1.84. The van der Waals surface area contributed by atoms with Crippen LogP contribution >= 0.6 is 0 Å². The third-order valence-electron chi connectivity index (χ3n) is 5.29. The van der Waals surface area contributed by atoms with Gasteiger partial charge in [0.2, 0.25) is 0 Å². The highest BCUT2D eigenvalue weighted by atomic mass is 16.2. The minimum Gasteiger partial charge on any atom is -0.335 e. The van der Waals surface area contributed by atoms with E-state index < -0.39 is 0 Å². The van der Waals surface area contributed by atoms with E-state index in [1.54, 1.807) is 22.2 Å². The second-order valence-electron chi connectivity index (χ2n) is 7.90. The number of pyridine rings is 1. The zero-order chi connectivity index (χ0) is 21.3. The standard InChI is InChI=1S/C22H26N6O2/c1-15(2)28-20-17(14-24-28)12-18(13-23-20)21(29)26-7-9-27(10-8-26)22(30)25-19-6-4-5-16(3)11-19/h4-6,11-15H,7-10H2,1-3H3,(H,25,30). The predicted molar refractivity (Wildman–Crippen MR) is 116 cm³/mol. The smallest absolute Gasteiger partial charge is 0.321 e. The molecule has 1 aromatic carbocycles. The van der Waals surface area contributed by atoms with Crippen LogP contribution < -0.4 is 5.32 Å². The summed E-state index contributed by atoms with van der Waals surface area (Å²) in [6, 6.07) is 9.61. The molecule has 156 valence electrons. The SMILES string of the molecule is Cc1cccc(NC(=O)N2CCN(C(=O)c3cnc4c(cnn4C(C)C)c3)CC2)c1. The fourth-order valence-electron chi connectivity index (χ4n) is 3.66. The second kappa shape index (κ2) is 8.14. The van der Waals surface area contributed by atoms with Crippen LogP contribution in [0.3, 0.4) is 0 Å². The van der Waals surface area contributed by atoms with Gasteiger partial charge in [-0.05, 0) is 44.5 Å². The first kappa shape index (κ1) is 19.9. The van der Waals surface area contributed by atoms with Gasteiger partial charge >= 0.3 is 6.03 Å². The van der Waals surface area contributed by atoms with Crippen molar-refractivity contribution in [3.63, 3.8) is 0 Å². The summed E-state index contributed by atoms with van der Waals surface area (Å²) in [5, 5.41) is 8.13. The Morgan fingerprint density at radius 3 is 2.47 bits per heavy atom. The molecule has 30 heavy (non-hydrogen) atoms. The minimum atomic E-state index is -0.142. The van der Waals surface area contributed by atoms with Crippen LogP contribution in [0, 0.1) is 6.92 Å². The van der Waals surface area contributed by atoms with Crippen LogP contribution in [-0.2, 0) is 0 Å². The Kier molecular flexibility index (Phi) is 5.39. The summed E-state index contributed by atoms with van der Waals surface area (Å²) in [5.41, 5.74) is 3.19. The van der Waals surface area contributed by atoms with E-state index in [1.165, 1.54) is 0 Å². The van der Waals surface area contributed by atoms with Crippen LogP contribution in [-0.4, -0.2) is 62.7 Å². The van der Waals surface area contributed by atoms with Gasteiger partial charge in [-0.2, -0.15) is 5.10 Å². The molecule has 1 N–H and O–H groups in total. The number of anilines is 1. The van der Waals surface area contributed by atoms with E-state index in [2.05, 4.69) is 15.4 Å². The van der Waals surface area contributed by atoms with E-state index in [-0.39, 0.29) is 18.0 Å². The summed E-state index contributed by atoms with van der Waals surface area (Å²) in [7, 11) is 0. The van der Waals surface area contributed by atoms with Gasteiger partial charge in [-0.15, -0.1) is 0 Å². The maximum absolute atomic E-state index is 12.9. The zero-order valence-corrected chi connectivity index (χ0v) is 17.5. The number of nitrogens with zero attached hydrogens (tertiary/aromatic N) is 5. The summed E-state index contributed by atoms with van der Waals surface area (Å²) >= 11 is 0. The van der Waals surface area contributed by atoms with E-state index >= 15 is 0 Å². The topological polar surface area (TPSA) is 83.4 Å². The summed E-state index contributed by atoms with van der Waals surface area (Å²) in [4.78, 5) is 33.4. The maximum atomic E-state index is 12.9. The number of fused-ring (bicyclic) bond motifs is 1. The quantitative estimate of drug-likeness (QED) is 0.723. The molecule has 0 aliphatic carbocycles. The van der Waals surface area contributed by atoms with E-state index in [1.807, 2.05) is 55.8 Å². The van der Waals surface area contributed by atoms with Crippen molar-refractivity contribution in [1.82, 2.24) is 24.6 Å². The number of amides is 3. The van der Waals surface area contributed by atoms with Crippen molar-refractivity contribution in [2.45, 2.75) is 26.8 Å². The van der Waals surface area contributed by atoms with Gasteiger partial charge in [0.1, 0.15) is 0 Å². The van der Waals surface area contributed by atoms with Crippen LogP contribution in [0.5, 0.6) is 0 Å². The molecule has 3 amide bonds. The van der Waals surface area contributed by atoms with Gasteiger partial charge in [0.05, 0.1) is 11.8 Å². The highest BCUT2D eigenvalue weighted by Crippen LogP contribution is 2.18. The van der Waals surface area contributed by atoms with Crippen molar-refractivity contribution < 1.29 is 9.59 Å². The lowest BCUT2D eigenvalue weighted by Gasteiger charge is -2.34. The Morgan fingerprint density at radius 1 is 1.03 bits per heavy atom. The van der Waals surface area contributed by atoms with Gasteiger partial charge < -0.3 is 15.1 Å². The van der Waals surface area contributed by atoms with Gasteiger partial charge in [-0.25, -0.2) is 14.5 Å². The fourth-order valence-corrected chi connectivity index (χ4v) is 3.66. The summed E-state index contributed by atoms with van der Waals surface area (Å²) in [6.45, 7) is 8.03. The van der Waals surface area contributed by atoms with Crippen LogP contribution in [0.1, 0.15) is 35.8 Å². The highest BCUT2D eigenvalue weighted by molar-refractivity contribution is 5.97. The minimum absolute atomic E-state index is 0.0690. The van der Waals surface area contributed by atoms with E-state index in [9.17, 15) is 9.59 Å². The lowest BCUT2D eigenvalue weighted by atomic mass is 10.2. The molecule has 0 unspecified atom stereocenters. The molecule has 4 rings (SSSR count). The molecule has 1 aliphatic heterocycles. The average Bonchev–Trinajstić information content (AvgIpc) is 3.17. The van der Waals surface area contributed by atoms with Crippen molar-refractivity contribution in [2.24, 2.45) is 0 Å². The van der Waals surface area contributed by atoms with E-state index in [4.69, 9.17) is 0 Å². The number of rotatable bonds is 3. The van der Waals surface area contributed by atoms with Gasteiger partial charge in [-0.1, -0.05) is 12.1 Å². The van der Waals surface area contributed by atoms with Gasteiger partial charge in [-0.3, -0.25) is 4.79 Å². The number of aryl methyl sites for hydroxylation is 1. The van der Waals surface area contributed by atoms with Gasteiger partial charge in [0.15, 0.2) is 5.65 Å². The molecule has 0 atom stereocenters. The van der Waals surface area contributed by atoms with E-state index in [0.717, 1.165) is 22.3 Å². The van der Waals surface area contributed by atoms with Crippen molar-refractivity contribution in [2.75, 3.05) is 31.5 Å². The zero-order valence-electron chi connectivity index (χ0n) is 17.5. The number of nitrogens with one attached hydrogen (secondary N) is 1. The number of aromatic nitrogens is 3. The number of hydrogen-bond acceptors (Lipinski definition) is 4. The molecule has 3 aromatic rings. The molecule has 0 bridgehead atoms. The number of urea groups is 1. The van der Waals surface area contributed by atoms with Crippen molar-refractivity contribution in [3.8, 4) is 0 Å². The van der Waals surface area contributed by atoms with Crippen molar-refractivity contribution >= 4 is 28.7 Å². The molecular weight excluding hydrogens is 380 g/mol. The maximum Gasteiger partial charge on any atom is 0.321 e. The highest BCUT2D eigenvalue weighted by Gasteiger charge is 2.25. The Balaban J connectivity index is 1.38. The average molecular weight is 406 g/mol. The molecule has 0 saturated carbocycles. The predicted octanol–water partition coefficient (Wildman–Crippen LogP) is 3.31. The lowest BCUT2D eigenvalue weighted by Crippen LogP contribution is -2.51. The molecule has 1 aliphatic rings. The van der Waals surface area contributed by atoms with Crippen LogP contribution in [0.25, 0.3) is 11.0 Å². The molecule has 0 spiro atoms. The number of hydrogen-bond donors (Lipinski definition) is 1. The first-order valence-electron chi connectivity index (χ1n) is 10.2. The molecule has 3 heterocycles. The number of carbonyl (C=O) groups excluding carboxylic acids is 2. The van der Waals surface area contributed by atoms with Crippen LogP contribution in [0.2, 0.25) is 0 Å². The van der Waals surface area contributed by atoms with Crippen LogP contribution in [0.4, 0.5) is 10.5 Å². The molecule has 8 heteroatoms. The largest absolute Gasteiger partial charge is 0.335 e. The molecular formula is C22H26N6O2. The van der Waals surface area contributed by atoms with Gasteiger partial charge in [0.25, 0.3) is 5.91 Å². The Morgan fingerprint density at radius 2 is 1.77 bits per heavy atom. The first-order chi connectivity index (χ1) is 14.4. The fraction of sp³-hybridized carbons (Fsp3) is 0.364. The Hall–Kier alpha value is -3.42.